The van der Waals surface area contributed by atoms with Crippen LogP contribution in [-0.4, -0.2) is 27.3 Å². The Balaban J connectivity index is 2.37. The van der Waals surface area contributed by atoms with Crippen LogP contribution in [-0.2, 0) is 7.05 Å². The van der Waals surface area contributed by atoms with Gasteiger partial charge in [-0.1, -0.05) is 20.8 Å². The summed E-state index contributed by atoms with van der Waals surface area (Å²) in [6.07, 6.45) is 3.22. The fourth-order valence-corrected chi connectivity index (χ4v) is 3.20. The minimum absolute atomic E-state index is 0.160. The third-order valence-electron chi connectivity index (χ3n) is 3.84. The smallest absolute Gasteiger partial charge is 0.333 e. The van der Waals surface area contributed by atoms with E-state index < -0.39 is 0 Å². The van der Waals surface area contributed by atoms with E-state index in [2.05, 4.69) is 30.8 Å². The number of nitro groups is 1. The molecular formula is C14H24N4O2. The molecular weight excluding hydrogens is 256 g/mol. The first-order valence-electron chi connectivity index (χ1n) is 7.15. The van der Waals surface area contributed by atoms with Crippen LogP contribution in [0.15, 0.2) is 0 Å². The monoisotopic (exact) mass is 280 g/mol. The molecule has 1 unspecified atom stereocenters. The van der Waals surface area contributed by atoms with Crippen LogP contribution in [0.25, 0.3) is 0 Å². The summed E-state index contributed by atoms with van der Waals surface area (Å²) in [6.45, 7) is 9.22. The van der Waals surface area contributed by atoms with Gasteiger partial charge in [-0.3, -0.25) is 10.1 Å². The molecule has 0 radical (unpaired) electrons. The van der Waals surface area contributed by atoms with Crippen molar-refractivity contribution in [1.29, 1.82) is 0 Å². The standard InChI is InChI=1S/C14H24N4O2/c1-10-12(18(19)20)13(16(5)15-10)17-8-6-7-11(17)9-14(2,3)4/h11H,6-9H2,1-5H3. The first-order chi connectivity index (χ1) is 9.20. The summed E-state index contributed by atoms with van der Waals surface area (Å²) in [5, 5.41) is 15.6. The van der Waals surface area contributed by atoms with Crippen LogP contribution in [0.3, 0.4) is 0 Å². The average Bonchev–Trinajstić information content (AvgIpc) is 2.80. The molecule has 1 aromatic heterocycles. The van der Waals surface area contributed by atoms with Crippen molar-refractivity contribution < 1.29 is 4.92 Å². The largest absolute Gasteiger partial charge is 0.348 e. The molecule has 2 heterocycles. The van der Waals surface area contributed by atoms with Crippen LogP contribution in [0.4, 0.5) is 11.5 Å². The Morgan fingerprint density at radius 3 is 2.65 bits per heavy atom. The van der Waals surface area contributed by atoms with Crippen LogP contribution in [0, 0.1) is 22.5 Å². The molecule has 20 heavy (non-hydrogen) atoms. The van der Waals surface area contributed by atoms with Crippen molar-refractivity contribution >= 4 is 11.5 Å². The number of aromatic nitrogens is 2. The third-order valence-corrected chi connectivity index (χ3v) is 3.84. The summed E-state index contributed by atoms with van der Waals surface area (Å²) in [4.78, 5) is 13.2. The SMILES string of the molecule is Cc1nn(C)c(N2CCCC2CC(C)(C)C)c1[N+](=O)[O-]. The second-order valence-electron chi connectivity index (χ2n) is 6.89. The Bertz CT molecular complexity index is 516. The number of nitrogens with zero attached hydrogens (tertiary/aromatic N) is 4. The number of rotatable bonds is 3. The average molecular weight is 280 g/mol. The fraction of sp³-hybridized carbons (Fsp3) is 0.786. The van der Waals surface area contributed by atoms with E-state index in [1.165, 1.54) is 0 Å². The van der Waals surface area contributed by atoms with Gasteiger partial charge in [0.25, 0.3) is 0 Å². The summed E-state index contributed by atoms with van der Waals surface area (Å²) in [7, 11) is 1.79. The van der Waals surface area contributed by atoms with E-state index in [-0.39, 0.29) is 16.0 Å². The summed E-state index contributed by atoms with van der Waals surface area (Å²) in [6, 6.07) is 0.364. The summed E-state index contributed by atoms with van der Waals surface area (Å²) >= 11 is 0. The lowest BCUT2D eigenvalue weighted by molar-refractivity contribution is -0.384. The molecule has 1 aliphatic rings. The van der Waals surface area contributed by atoms with E-state index >= 15 is 0 Å². The molecule has 1 atom stereocenters. The molecule has 112 valence electrons. The quantitative estimate of drug-likeness (QED) is 0.630. The Labute approximate surface area is 119 Å². The zero-order valence-corrected chi connectivity index (χ0v) is 13.0. The lowest BCUT2D eigenvalue weighted by Gasteiger charge is -2.31. The van der Waals surface area contributed by atoms with E-state index in [4.69, 9.17) is 0 Å². The van der Waals surface area contributed by atoms with Gasteiger partial charge in [0, 0.05) is 19.6 Å². The minimum atomic E-state index is -0.301. The molecule has 0 bridgehead atoms. The molecule has 6 heteroatoms. The molecule has 1 aromatic rings. The highest BCUT2D eigenvalue weighted by Gasteiger charge is 2.36. The molecule has 0 spiro atoms. The zero-order chi connectivity index (χ0) is 15.1. The van der Waals surface area contributed by atoms with E-state index in [0.29, 0.717) is 17.6 Å². The lowest BCUT2D eigenvalue weighted by atomic mass is 9.87. The maximum atomic E-state index is 11.3. The van der Waals surface area contributed by atoms with Gasteiger partial charge in [-0.05, 0) is 31.6 Å². The number of hydrogen-bond donors (Lipinski definition) is 0. The lowest BCUT2D eigenvalue weighted by Crippen LogP contribution is -2.34. The Morgan fingerprint density at radius 2 is 2.10 bits per heavy atom. The molecule has 6 nitrogen and oxygen atoms in total. The maximum absolute atomic E-state index is 11.3. The van der Waals surface area contributed by atoms with Gasteiger partial charge < -0.3 is 4.90 Å². The van der Waals surface area contributed by atoms with E-state index in [1.807, 2.05) is 0 Å². The van der Waals surface area contributed by atoms with Gasteiger partial charge in [0.05, 0.1) is 4.92 Å². The van der Waals surface area contributed by atoms with Gasteiger partial charge in [-0.15, -0.1) is 0 Å². The normalized spacial score (nSPS) is 19.6. The number of hydrogen-bond acceptors (Lipinski definition) is 4. The highest BCUT2D eigenvalue weighted by molar-refractivity contribution is 5.62. The summed E-state index contributed by atoms with van der Waals surface area (Å²) < 4.78 is 1.66. The van der Waals surface area contributed by atoms with Gasteiger partial charge in [0.1, 0.15) is 5.69 Å². The molecule has 1 saturated heterocycles. The van der Waals surface area contributed by atoms with Crippen molar-refractivity contribution in [3.63, 3.8) is 0 Å². The van der Waals surface area contributed by atoms with Gasteiger partial charge in [-0.2, -0.15) is 5.10 Å². The molecule has 0 amide bonds. The number of anilines is 1. The Morgan fingerprint density at radius 1 is 1.45 bits per heavy atom. The molecule has 0 N–H and O–H groups in total. The minimum Gasteiger partial charge on any atom is -0.348 e. The molecule has 1 fully saturated rings. The van der Waals surface area contributed by atoms with Crippen LogP contribution < -0.4 is 4.90 Å². The Kier molecular flexibility index (Phi) is 3.75. The van der Waals surface area contributed by atoms with Crippen LogP contribution in [0.2, 0.25) is 0 Å². The van der Waals surface area contributed by atoms with Crippen LogP contribution in [0.5, 0.6) is 0 Å². The van der Waals surface area contributed by atoms with Gasteiger partial charge in [0.2, 0.25) is 5.82 Å². The highest BCUT2D eigenvalue weighted by Crippen LogP contribution is 2.38. The Hall–Kier alpha value is -1.59. The van der Waals surface area contributed by atoms with Gasteiger partial charge >= 0.3 is 5.69 Å². The first kappa shape index (κ1) is 14.8. The molecule has 0 saturated carbocycles. The summed E-state index contributed by atoms with van der Waals surface area (Å²) in [5.41, 5.74) is 0.873. The van der Waals surface area contributed by atoms with Crippen LogP contribution in [0.1, 0.15) is 45.7 Å². The molecule has 2 rings (SSSR count). The van der Waals surface area contributed by atoms with Crippen molar-refractivity contribution in [3.05, 3.63) is 15.8 Å². The van der Waals surface area contributed by atoms with Crippen LogP contribution >= 0.6 is 0 Å². The topological polar surface area (TPSA) is 64.2 Å². The van der Waals surface area contributed by atoms with Gasteiger partial charge in [0.15, 0.2) is 0 Å². The predicted octanol–water partition coefficient (Wildman–Crippen LogP) is 3.04. The zero-order valence-electron chi connectivity index (χ0n) is 13.0. The second-order valence-corrected chi connectivity index (χ2v) is 6.89. The highest BCUT2D eigenvalue weighted by atomic mass is 16.6. The number of aryl methyl sites for hydroxylation is 2. The van der Waals surface area contributed by atoms with E-state index in [9.17, 15) is 10.1 Å². The van der Waals surface area contributed by atoms with E-state index in [0.717, 1.165) is 25.8 Å². The van der Waals surface area contributed by atoms with Crippen molar-refractivity contribution in [3.8, 4) is 0 Å². The maximum Gasteiger partial charge on any atom is 0.333 e. The third kappa shape index (κ3) is 2.78. The molecule has 1 aliphatic heterocycles. The van der Waals surface area contributed by atoms with Crippen molar-refractivity contribution in [1.82, 2.24) is 9.78 Å². The van der Waals surface area contributed by atoms with Gasteiger partial charge in [-0.25, -0.2) is 4.68 Å². The summed E-state index contributed by atoms with van der Waals surface area (Å²) in [5.74, 6) is 0.666. The first-order valence-corrected chi connectivity index (χ1v) is 7.15. The molecule has 0 aromatic carbocycles. The van der Waals surface area contributed by atoms with Crippen molar-refractivity contribution in [2.75, 3.05) is 11.4 Å². The predicted molar refractivity (Wildman–Crippen MR) is 79.0 cm³/mol. The van der Waals surface area contributed by atoms with Crippen molar-refractivity contribution in [2.45, 2.75) is 53.0 Å². The van der Waals surface area contributed by atoms with Crippen molar-refractivity contribution in [2.24, 2.45) is 12.5 Å². The van der Waals surface area contributed by atoms with E-state index in [1.54, 1.807) is 18.7 Å². The molecule has 0 aliphatic carbocycles. The fourth-order valence-electron chi connectivity index (χ4n) is 3.20. The second kappa shape index (κ2) is 5.07.